The SMILES string of the molecule is O=C(O)CCN[C@@H](CC(=O)O)C(=O)O. The van der Waals surface area contributed by atoms with Crippen molar-refractivity contribution < 1.29 is 29.7 Å². The topological polar surface area (TPSA) is 124 Å². The molecule has 0 aliphatic carbocycles. The van der Waals surface area contributed by atoms with Crippen molar-refractivity contribution in [2.75, 3.05) is 6.54 Å². The minimum absolute atomic E-state index is 0.0699. The van der Waals surface area contributed by atoms with Gasteiger partial charge in [0.1, 0.15) is 6.04 Å². The van der Waals surface area contributed by atoms with Crippen LogP contribution in [0.1, 0.15) is 12.8 Å². The first-order chi connectivity index (χ1) is 6.43. The normalized spacial score (nSPS) is 12.0. The molecule has 0 fully saturated rings. The third-order valence-corrected chi connectivity index (χ3v) is 1.41. The lowest BCUT2D eigenvalue weighted by molar-refractivity contribution is -0.146. The molecule has 7 heteroatoms. The number of carboxylic acid groups (broad SMARTS) is 3. The summed E-state index contributed by atoms with van der Waals surface area (Å²) in [6, 6.07) is -1.24. The summed E-state index contributed by atoms with van der Waals surface area (Å²) in [5.74, 6) is -3.63. The number of hydrogen-bond acceptors (Lipinski definition) is 4. The van der Waals surface area contributed by atoms with Crippen LogP contribution >= 0.6 is 0 Å². The van der Waals surface area contributed by atoms with E-state index in [9.17, 15) is 14.4 Å². The number of aliphatic carboxylic acids is 3. The highest BCUT2D eigenvalue weighted by atomic mass is 16.4. The summed E-state index contributed by atoms with van der Waals surface area (Å²) < 4.78 is 0. The fourth-order valence-electron chi connectivity index (χ4n) is 0.775. The van der Waals surface area contributed by atoms with Crippen molar-refractivity contribution in [2.45, 2.75) is 18.9 Å². The molecule has 0 heterocycles. The second-order valence-corrected chi connectivity index (χ2v) is 2.59. The summed E-state index contributed by atoms with van der Waals surface area (Å²) in [7, 11) is 0. The molecule has 0 aromatic heterocycles. The van der Waals surface area contributed by atoms with Gasteiger partial charge in [-0.05, 0) is 0 Å². The van der Waals surface area contributed by atoms with Gasteiger partial charge in [0, 0.05) is 6.54 Å². The highest BCUT2D eigenvalue weighted by Gasteiger charge is 2.19. The summed E-state index contributed by atoms with van der Waals surface area (Å²) in [5.41, 5.74) is 0. The molecular formula is C7H11NO6. The maximum absolute atomic E-state index is 10.4. The summed E-state index contributed by atoms with van der Waals surface area (Å²) in [5, 5.41) is 27.4. The van der Waals surface area contributed by atoms with Crippen molar-refractivity contribution >= 4 is 17.9 Å². The van der Waals surface area contributed by atoms with Crippen LogP contribution in [0.25, 0.3) is 0 Å². The Morgan fingerprint density at radius 1 is 1.07 bits per heavy atom. The molecule has 0 unspecified atom stereocenters. The van der Waals surface area contributed by atoms with Crippen LogP contribution in [-0.2, 0) is 14.4 Å². The van der Waals surface area contributed by atoms with Crippen LogP contribution in [0.3, 0.4) is 0 Å². The molecule has 80 valence electrons. The van der Waals surface area contributed by atoms with Crippen LogP contribution in [0.4, 0.5) is 0 Å². The molecule has 0 aromatic carbocycles. The monoisotopic (exact) mass is 205 g/mol. The van der Waals surface area contributed by atoms with Crippen molar-refractivity contribution in [1.29, 1.82) is 0 Å². The zero-order valence-electron chi connectivity index (χ0n) is 7.27. The number of hydrogen-bond donors (Lipinski definition) is 4. The molecule has 0 aliphatic heterocycles. The van der Waals surface area contributed by atoms with E-state index in [1.165, 1.54) is 0 Å². The van der Waals surface area contributed by atoms with E-state index >= 15 is 0 Å². The van der Waals surface area contributed by atoms with Gasteiger partial charge in [-0.25, -0.2) is 0 Å². The zero-order chi connectivity index (χ0) is 11.1. The van der Waals surface area contributed by atoms with Gasteiger partial charge in [-0.3, -0.25) is 14.4 Å². The summed E-state index contributed by atoms with van der Waals surface area (Å²) in [6.45, 7) is -0.0699. The molecule has 0 bridgehead atoms. The van der Waals surface area contributed by atoms with E-state index in [4.69, 9.17) is 15.3 Å². The molecule has 7 nitrogen and oxygen atoms in total. The first-order valence-corrected chi connectivity index (χ1v) is 3.83. The Morgan fingerprint density at radius 2 is 1.64 bits per heavy atom. The van der Waals surface area contributed by atoms with Crippen molar-refractivity contribution in [3.8, 4) is 0 Å². The summed E-state index contributed by atoms with van der Waals surface area (Å²) >= 11 is 0. The van der Waals surface area contributed by atoms with Crippen LogP contribution in [-0.4, -0.2) is 45.8 Å². The smallest absolute Gasteiger partial charge is 0.321 e. The molecule has 0 radical (unpaired) electrons. The second kappa shape index (κ2) is 5.92. The molecule has 0 aromatic rings. The predicted molar refractivity (Wildman–Crippen MR) is 43.9 cm³/mol. The van der Waals surface area contributed by atoms with E-state index in [1.807, 2.05) is 0 Å². The van der Waals surface area contributed by atoms with E-state index in [2.05, 4.69) is 5.32 Å². The van der Waals surface area contributed by atoms with Gasteiger partial charge < -0.3 is 20.6 Å². The van der Waals surface area contributed by atoms with Crippen LogP contribution < -0.4 is 5.32 Å². The predicted octanol–water partition coefficient (Wildman–Crippen LogP) is -1.02. The molecule has 4 N–H and O–H groups in total. The number of rotatable bonds is 7. The van der Waals surface area contributed by atoms with Crippen LogP contribution in [0.2, 0.25) is 0 Å². The Hall–Kier alpha value is -1.63. The van der Waals surface area contributed by atoms with Crippen LogP contribution in [0.5, 0.6) is 0 Å². The van der Waals surface area contributed by atoms with Gasteiger partial charge in [0.15, 0.2) is 0 Å². The van der Waals surface area contributed by atoms with Gasteiger partial charge in [-0.2, -0.15) is 0 Å². The molecular weight excluding hydrogens is 194 g/mol. The first-order valence-electron chi connectivity index (χ1n) is 3.83. The molecule has 0 amide bonds. The third kappa shape index (κ3) is 5.95. The van der Waals surface area contributed by atoms with Crippen LogP contribution in [0, 0.1) is 0 Å². The van der Waals surface area contributed by atoms with E-state index < -0.39 is 30.4 Å². The molecule has 14 heavy (non-hydrogen) atoms. The van der Waals surface area contributed by atoms with E-state index in [-0.39, 0.29) is 13.0 Å². The Morgan fingerprint density at radius 3 is 2.00 bits per heavy atom. The summed E-state index contributed by atoms with van der Waals surface area (Å²) in [4.78, 5) is 30.7. The number of carboxylic acids is 3. The highest BCUT2D eigenvalue weighted by Crippen LogP contribution is 1.92. The minimum Gasteiger partial charge on any atom is -0.481 e. The standard InChI is InChI=1S/C7H11NO6/c9-5(10)1-2-8-4(7(13)14)3-6(11)12/h4,8H,1-3H2,(H,9,10)(H,11,12)(H,13,14)/t4-/m0/s1. The Balaban J connectivity index is 3.91. The molecule has 0 aliphatic rings. The Bertz CT molecular complexity index is 238. The molecule has 0 saturated carbocycles. The van der Waals surface area contributed by atoms with Gasteiger partial charge in [0.25, 0.3) is 0 Å². The van der Waals surface area contributed by atoms with Crippen molar-refractivity contribution in [3.63, 3.8) is 0 Å². The Labute approximate surface area is 79.3 Å². The fraction of sp³-hybridized carbons (Fsp3) is 0.571. The second-order valence-electron chi connectivity index (χ2n) is 2.59. The lowest BCUT2D eigenvalue weighted by Crippen LogP contribution is -2.39. The molecule has 0 spiro atoms. The maximum Gasteiger partial charge on any atom is 0.321 e. The first kappa shape index (κ1) is 12.4. The lowest BCUT2D eigenvalue weighted by atomic mass is 10.2. The van der Waals surface area contributed by atoms with Crippen molar-refractivity contribution in [1.82, 2.24) is 5.32 Å². The average Bonchev–Trinajstić information content (AvgIpc) is 2.00. The molecule has 1 atom stereocenters. The van der Waals surface area contributed by atoms with Gasteiger partial charge in [0.2, 0.25) is 0 Å². The molecule has 0 saturated heterocycles. The number of carbonyl (C=O) groups is 3. The largest absolute Gasteiger partial charge is 0.481 e. The van der Waals surface area contributed by atoms with Gasteiger partial charge in [0.05, 0.1) is 12.8 Å². The zero-order valence-corrected chi connectivity index (χ0v) is 7.27. The van der Waals surface area contributed by atoms with E-state index in [0.717, 1.165) is 0 Å². The Kier molecular flexibility index (Phi) is 5.23. The highest BCUT2D eigenvalue weighted by molar-refractivity contribution is 5.80. The van der Waals surface area contributed by atoms with E-state index in [0.29, 0.717) is 0 Å². The molecule has 0 rings (SSSR count). The van der Waals surface area contributed by atoms with Crippen LogP contribution in [0.15, 0.2) is 0 Å². The number of nitrogens with one attached hydrogen (secondary N) is 1. The van der Waals surface area contributed by atoms with Crippen molar-refractivity contribution in [2.24, 2.45) is 0 Å². The van der Waals surface area contributed by atoms with E-state index in [1.54, 1.807) is 0 Å². The van der Waals surface area contributed by atoms with Crippen molar-refractivity contribution in [3.05, 3.63) is 0 Å². The van der Waals surface area contributed by atoms with Gasteiger partial charge in [-0.1, -0.05) is 0 Å². The summed E-state index contributed by atoms with van der Waals surface area (Å²) in [6.07, 6.45) is -0.821. The fourth-order valence-corrected chi connectivity index (χ4v) is 0.775. The lowest BCUT2D eigenvalue weighted by Gasteiger charge is -2.10. The van der Waals surface area contributed by atoms with Gasteiger partial charge in [-0.15, -0.1) is 0 Å². The average molecular weight is 205 g/mol. The minimum atomic E-state index is -1.31. The third-order valence-electron chi connectivity index (χ3n) is 1.41. The quantitative estimate of drug-likeness (QED) is 0.419. The van der Waals surface area contributed by atoms with Gasteiger partial charge >= 0.3 is 17.9 Å². The maximum atomic E-state index is 10.4.